The molecule has 1 aromatic heterocycles. The van der Waals surface area contributed by atoms with Gasteiger partial charge in [0.05, 0.1) is 11.0 Å². The van der Waals surface area contributed by atoms with Crippen LogP contribution >= 0.6 is 0 Å². The number of imidazole rings is 1. The molecule has 5 rings (SSSR count). The molecule has 0 aliphatic carbocycles. The minimum Gasteiger partial charge on any atom is -0.339 e. The molecule has 6 heteroatoms. The zero-order chi connectivity index (χ0) is 21.9. The van der Waals surface area contributed by atoms with E-state index in [9.17, 15) is 9.59 Å². The maximum Gasteiger partial charge on any atom is 0.326 e. The van der Waals surface area contributed by atoms with Crippen LogP contribution in [0.25, 0.3) is 11.0 Å². The quantitative estimate of drug-likeness (QED) is 0.665. The lowest BCUT2D eigenvalue weighted by molar-refractivity contribution is 0.0677. The molecule has 6 nitrogen and oxygen atoms in total. The average molecular weight is 433 g/mol. The summed E-state index contributed by atoms with van der Waals surface area (Å²) in [5.74, 6) is 0.863. The molecule has 2 saturated heterocycles. The lowest BCUT2D eigenvalue weighted by Crippen LogP contribution is -2.40. The topological polar surface area (TPSA) is 61.3 Å². The van der Waals surface area contributed by atoms with Gasteiger partial charge in [-0.3, -0.25) is 9.36 Å². The summed E-state index contributed by atoms with van der Waals surface area (Å²) in [5, 5.41) is 0. The average Bonchev–Trinajstić information content (AvgIpc) is 3.19. The fraction of sp³-hybridized carbons (Fsp3) is 0.462. The number of H-pyrrole nitrogens is 1. The van der Waals surface area contributed by atoms with Crippen molar-refractivity contribution in [2.75, 3.05) is 32.7 Å². The Labute approximate surface area is 188 Å². The minimum absolute atomic E-state index is 0.0152. The van der Waals surface area contributed by atoms with Gasteiger partial charge in [0.15, 0.2) is 0 Å². The number of nitrogens with zero attached hydrogens (tertiary/aromatic N) is 3. The number of aromatic nitrogens is 2. The fourth-order valence-electron chi connectivity index (χ4n) is 5.39. The second kappa shape index (κ2) is 9.33. The van der Waals surface area contributed by atoms with Crippen LogP contribution < -0.4 is 5.69 Å². The number of amides is 1. The molecule has 168 valence electrons. The summed E-state index contributed by atoms with van der Waals surface area (Å²) in [4.78, 5) is 32.7. The van der Waals surface area contributed by atoms with Crippen molar-refractivity contribution in [1.82, 2.24) is 19.4 Å². The van der Waals surface area contributed by atoms with E-state index in [4.69, 9.17) is 0 Å². The maximum atomic E-state index is 12.6. The first-order valence-electron chi connectivity index (χ1n) is 11.9. The van der Waals surface area contributed by atoms with Gasteiger partial charge in [-0.05, 0) is 68.8 Å². The third-order valence-electron chi connectivity index (χ3n) is 7.32. The summed E-state index contributed by atoms with van der Waals surface area (Å²) in [5.41, 5.74) is 2.76. The first-order valence-corrected chi connectivity index (χ1v) is 11.9. The van der Waals surface area contributed by atoms with Gasteiger partial charge in [0.25, 0.3) is 5.91 Å². The van der Waals surface area contributed by atoms with E-state index in [1.807, 2.05) is 64.1 Å². The van der Waals surface area contributed by atoms with Crippen LogP contribution in [0, 0.1) is 5.92 Å². The molecule has 3 heterocycles. The molecular formula is C26H32N4O2. The highest BCUT2D eigenvalue weighted by Crippen LogP contribution is 2.27. The van der Waals surface area contributed by atoms with Gasteiger partial charge < -0.3 is 14.8 Å². The van der Waals surface area contributed by atoms with Crippen LogP contribution in [0.1, 0.15) is 48.5 Å². The molecule has 1 amide bonds. The highest BCUT2D eigenvalue weighted by atomic mass is 16.2. The molecule has 0 spiro atoms. The lowest BCUT2D eigenvalue weighted by atomic mass is 9.92. The minimum atomic E-state index is 0.0152. The van der Waals surface area contributed by atoms with Gasteiger partial charge >= 0.3 is 5.69 Å². The SMILES string of the molecule is O=C(c1ccccc1)N1CCC(CCN2CCC(n3c(=O)[nH]c4ccccc43)CC2)CC1. The number of hydrogen-bond donors (Lipinski definition) is 1. The van der Waals surface area contributed by atoms with Crippen LogP contribution in [0.15, 0.2) is 59.4 Å². The fourth-order valence-corrected chi connectivity index (χ4v) is 5.39. The Morgan fingerprint density at radius 1 is 0.875 bits per heavy atom. The van der Waals surface area contributed by atoms with E-state index in [0.717, 1.165) is 75.0 Å². The molecule has 2 aromatic carbocycles. The van der Waals surface area contributed by atoms with E-state index in [1.165, 1.54) is 6.42 Å². The van der Waals surface area contributed by atoms with Gasteiger partial charge in [0.2, 0.25) is 0 Å². The zero-order valence-electron chi connectivity index (χ0n) is 18.6. The monoisotopic (exact) mass is 432 g/mol. The van der Waals surface area contributed by atoms with Crippen molar-refractivity contribution < 1.29 is 4.79 Å². The van der Waals surface area contributed by atoms with Gasteiger partial charge in [-0.1, -0.05) is 30.3 Å². The van der Waals surface area contributed by atoms with Crippen molar-refractivity contribution >= 4 is 16.9 Å². The predicted molar refractivity (Wildman–Crippen MR) is 127 cm³/mol. The Hall–Kier alpha value is -2.86. The van der Waals surface area contributed by atoms with Crippen molar-refractivity contribution in [2.45, 2.75) is 38.1 Å². The van der Waals surface area contributed by atoms with Crippen molar-refractivity contribution in [3.05, 3.63) is 70.6 Å². The second-order valence-electron chi connectivity index (χ2n) is 9.28. The van der Waals surface area contributed by atoms with Crippen LogP contribution in [-0.2, 0) is 0 Å². The summed E-state index contributed by atoms with van der Waals surface area (Å²) < 4.78 is 1.96. The first-order chi connectivity index (χ1) is 15.7. The van der Waals surface area contributed by atoms with Crippen molar-refractivity contribution in [2.24, 2.45) is 5.92 Å². The van der Waals surface area contributed by atoms with E-state index in [-0.39, 0.29) is 17.6 Å². The Morgan fingerprint density at radius 3 is 2.31 bits per heavy atom. The number of carbonyl (C=O) groups excluding carboxylic acids is 1. The lowest BCUT2D eigenvalue weighted by Gasteiger charge is -2.35. The summed E-state index contributed by atoms with van der Waals surface area (Å²) in [6, 6.07) is 17.9. The number of hydrogen-bond acceptors (Lipinski definition) is 3. The number of rotatable bonds is 5. The summed E-state index contributed by atoms with van der Waals surface area (Å²) in [7, 11) is 0. The first kappa shape index (κ1) is 21.0. The molecule has 0 bridgehead atoms. The molecule has 0 saturated carbocycles. The Morgan fingerprint density at radius 2 is 1.56 bits per heavy atom. The molecule has 2 aliphatic heterocycles. The highest BCUT2D eigenvalue weighted by molar-refractivity contribution is 5.94. The van der Waals surface area contributed by atoms with Crippen LogP contribution in [0.2, 0.25) is 0 Å². The molecule has 3 aromatic rings. The number of nitrogens with one attached hydrogen (secondary N) is 1. The third-order valence-corrected chi connectivity index (χ3v) is 7.32. The Balaban J connectivity index is 1.08. The molecule has 0 unspecified atom stereocenters. The Bertz CT molecular complexity index is 1100. The van der Waals surface area contributed by atoms with Crippen LogP contribution in [0.5, 0.6) is 0 Å². The standard InChI is InChI=1S/C26H32N4O2/c31-25(21-6-2-1-3-7-21)29-18-11-20(12-19-29)10-15-28-16-13-22(14-17-28)30-24-9-5-4-8-23(24)27-26(30)32/h1-9,20,22H,10-19H2,(H,27,32). The molecule has 1 N–H and O–H groups in total. The van der Waals surface area contributed by atoms with Crippen LogP contribution in [-0.4, -0.2) is 58.0 Å². The molecule has 2 fully saturated rings. The summed E-state index contributed by atoms with van der Waals surface area (Å²) in [6.07, 6.45) is 5.43. The number of carbonyl (C=O) groups is 1. The van der Waals surface area contributed by atoms with Gasteiger partial charge in [-0.2, -0.15) is 0 Å². The summed E-state index contributed by atoms with van der Waals surface area (Å²) in [6.45, 7) is 4.94. The molecule has 0 atom stereocenters. The number of para-hydroxylation sites is 2. The van der Waals surface area contributed by atoms with E-state index < -0.39 is 0 Å². The molecule has 2 aliphatic rings. The smallest absolute Gasteiger partial charge is 0.326 e. The predicted octanol–water partition coefficient (Wildman–Crippen LogP) is 3.91. The van der Waals surface area contributed by atoms with Gasteiger partial charge in [-0.25, -0.2) is 4.79 Å². The molecule has 32 heavy (non-hydrogen) atoms. The van der Waals surface area contributed by atoms with Crippen molar-refractivity contribution in [1.29, 1.82) is 0 Å². The number of likely N-dealkylation sites (tertiary alicyclic amines) is 2. The number of benzene rings is 2. The van der Waals surface area contributed by atoms with E-state index >= 15 is 0 Å². The molecular weight excluding hydrogens is 400 g/mol. The number of fused-ring (bicyclic) bond motifs is 1. The Kier molecular flexibility index (Phi) is 6.12. The van der Waals surface area contributed by atoms with Crippen molar-refractivity contribution in [3.8, 4) is 0 Å². The number of piperidine rings is 2. The molecule has 0 radical (unpaired) electrons. The van der Waals surface area contributed by atoms with Gasteiger partial charge in [0, 0.05) is 37.8 Å². The van der Waals surface area contributed by atoms with Crippen LogP contribution in [0.3, 0.4) is 0 Å². The highest BCUT2D eigenvalue weighted by Gasteiger charge is 2.26. The third kappa shape index (κ3) is 4.37. The number of aromatic amines is 1. The van der Waals surface area contributed by atoms with E-state index in [1.54, 1.807) is 0 Å². The van der Waals surface area contributed by atoms with Crippen molar-refractivity contribution in [3.63, 3.8) is 0 Å². The van der Waals surface area contributed by atoms with Crippen LogP contribution in [0.4, 0.5) is 0 Å². The second-order valence-corrected chi connectivity index (χ2v) is 9.28. The zero-order valence-corrected chi connectivity index (χ0v) is 18.6. The van der Waals surface area contributed by atoms with Gasteiger partial charge in [0.1, 0.15) is 0 Å². The normalized spacial score (nSPS) is 18.9. The maximum absolute atomic E-state index is 12.6. The summed E-state index contributed by atoms with van der Waals surface area (Å²) >= 11 is 0. The largest absolute Gasteiger partial charge is 0.339 e. The van der Waals surface area contributed by atoms with Gasteiger partial charge in [-0.15, -0.1) is 0 Å². The van der Waals surface area contributed by atoms with E-state index in [0.29, 0.717) is 5.92 Å². The van der Waals surface area contributed by atoms with E-state index in [2.05, 4.69) is 9.88 Å².